The van der Waals surface area contributed by atoms with Crippen LogP contribution in [0.1, 0.15) is 29.0 Å². The van der Waals surface area contributed by atoms with Crippen LogP contribution in [0.5, 0.6) is 0 Å². The van der Waals surface area contributed by atoms with Gasteiger partial charge in [0, 0.05) is 13.8 Å². The molecule has 0 spiro atoms. The molecule has 0 heterocycles. The first kappa shape index (κ1) is 1.73. The predicted molar refractivity (Wildman–Crippen MR) is 33.4 cm³/mol. The first-order valence-corrected chi connectivity index (χ1v) is 2.17. The molecule has 0 radical (unpaired) electrons. The van der Waals surface area contributed by atoms with Crippen molar-refractivity contribution in [1.82, 2.24) is 4.90 Å². The number of hydrogen-bond acceptors (Lipinski definition) is 1. The third-order valence-corrected chi connectivity index (χ3v) is 0.671. The van der Waals surface area contributed by atoms with Gasteiger partial charge in [-0.2, -0.15) is 0 Å². The summed E-state index contributed by atoms with van der Waals surface area (Å²) in [6.07, 6.45) is 0. The lowest BCUT2D eigenvalue weighted by atomic mass is 10.1. The van der Waals surface area contributed by atoms with E-state index in [1.165, 1.54) is 0 Å². The highest BCUT2D eigenvalue weighted by atomic mass is 15.1. The minimum atomic E-state index is -2.59. The van der Waals surface area contributed by atoms with Crippen LogP contribution in [0.25, 0.3) is 0 Å². The molecule has 0 fully saturated rings. The molecule has 0 N–H and O–H groups in total. The maximum Gasteiger partial charge on any atom is 0.0394 e. The van der Waals surface area contributed by atoms with Gasteiger partial charge in [0.25, 0.3) is 0 Å². The van der Waals surface area contributed by atoms with E-state index in [0.29, 0.717) is 4.90 Å². The first-order valence-electron chi connectivity index (χ1n) is 5.17. The van der Waals surface area contributed by atoms with Crippen molar-refractivity contribution in [3.63, 3.8) is 0 Å². The minimum absolute atomic E-state index is 0.563. The third kappa shape index (κ3) is 2.63. The lowest BCUT2D eigenvalue weighted by Gasteiger charge is -2.27. The summed E-state index contributed by atoms with van der Waals surface area (Å²) in [5.41, 5.74) is -0.906. The summed E-state index contributed by atoms with van der Waals surface area (Å²) in [7, 11) is 0. The van der Waals surface area contributed by atoms with E-state index in [4.69, 9.17) is 8.22 Å². The van der Waals surface area contributed by atoms with Crippen molar-refractivity contribution in [3.05, 3.63) is 0 Å². The van der Waals surface area contributed by atoms with Crippen LogP contribution in [0.4, 0.5) is 0 Å². The van der Waals surface area contributed by atoms with Crippen molar-refractivity contribution < 1.29 is 8.22 Å². The summed E-state index contributed by atoms with van der Waals surface area (Å²) in [5, 5.41) is 0. The van der Waals surface area contributed by atoms with Gasteiger partial charge in [0.1, 0.15) is 0 Å². The molecule has 0 aliphatic carbocycles. The average molecular weight is 107 g/mol. The van der Waals surface area contributed by atoms with Crippen LogP contribution in [0.2, 0.25) is 0 Å². The zero-order valence-corrected chi connectivity index (χ0v) is 4.95. The maximum atomic E-state index is 7.10. The summed E-state index contributed by atoms with van der Waals surface area (Å²) in [6.45, 7) is -0.504. The summed E-state index contributed by atoms with van der Waals surface area (Å²) in [6, 6.07) is 0. The van der Waals surface area contributed by atoms with Crippen LogP contribution in [0.3, 0.4) is 0 Å². The first-order chi connectivity index (χ1) is 5.37. The minimum Gasteiger partial charge on any atom is -0.305 e. The molecule has 0 saturated heterocycles. The van der Waals surface area contributed by atoms with Crippen molar-refractivity contribution in [2.75, 3.05) is 14.0 Å². The third-order valence-electron chi connectivity index (χ3n) is 0.671. The highest BCUT2D eigenvalue weighted by Gasteiger charge is 2.10. The molecule has 7 heavy (non-hydrogen) atoms. The van der Waals surface area contributed by atoms with Gasteiger partial charge >= 0.3 is 0 Å². The fourth-order valence-corrected chi connectivity index (χ4v) is 0. The fraction of sp³-hybridized carbons (Fsp3) is 1.00. The van der Waals surface area contributed by atoms with Crippen molar-refractivity contribution in [1.29, 1.82) is 0 Å². The van der Waals surface area contributed by atoms with Crippen LogP contribution in [-0.4, -0.2) is 24.4 Å². The molecule has 0 aliphatic heterocycles. The molecule has 0 aromatic carbocycles. The van der Waals surface area contributed by atoms with Crippen LogP contribution in [0.15, 0.2) is 0 Å². The number of hydrogen-bond donors (Lipinski definition) is 0. The number of nitrogens with zero attached hydrogens (tertiary/aromatic N) is 1. The van der Waals surface area contributed by atoms with E-state index in [0.717, 1.165) is 0 Å². The molecule has 0 saturated carbocycles. The second kappa shape index (κ2) is 1.83. The summed E-state index contributed by atoms with van der Waals surface area (Å²) in [5.74, 6) is 0. The summed E-state index contributed by atoms with van der Waals surface area (Å²) < 4.78 is 42.6. The van der Waals surface area contributed by atoms with Crippen LogP contribution < -0.4 is 0 Å². The van der Waals surface area contributed by atoms with Crippen LogP contribution in [-0.2, 0) is 0 Å². The SMILES string of the molecule is [2H]C([2H])([2H])N(C([2H])([2H])[2H])C(C)(C)C. The van der Waals surface area contributed by atoms with Gasteiger partial charge < -0.3 is 4.90 Å². The second-order valence-corrected chi connectivity index (χ2v) is 2.51. The molecule has 0 aromatic rings. The summed E-state index contributed by atoms with van der Waals surface area (Å²) >= 11 is 0. The van der Waals surface area contributed by atoms with Gasteiger partial charge in [-0.1, -0.05) is 0 Å². The van der Waals surface area contributed by atoms with E-state index in [1.807, 2.05) is 0 Å². The Morgan fingerprint density at radius 2 is 1.71 bits per heavy atom. The maximum absolute atomic E-state index is 7.10. The molecular weight excluding hydrogens is 86.1 g/mol. The van der Waals surface area contributed by atoms with Crippen molar-refractivity contribution >= 4 is 0 Å². The van der Waals surface area contributed by atoms with Gasteiger partial charge in [-0.3, -0.25) is 0 Å². The molecule has 44 valence electrons. The fourth-order valence-electron chi connectivity index (χ4n) is 0. The molecule has 1 heteroatoms. The van der Waals surface area contributed by atoms with E-state index < -0.39 is 19.5 Å². The Hall–Kier alpha value is -0.0400. The molecule has 0 aliphatic rings. The Labute approximate surface area is 54.8 Å². The molecule has 1 nitrogen and oxygen atoms in total. The van der Waals surface area contributed by atoms with Crippen molar-refractivity contribution in [2.45, 2.75) is 26.3 Å². The van der Waals surface area contributed by atoms with Crippen LogP contribution in [0, 0.1) is 0 Å². The highest BCUT2D eigenvalue weighted by Crippen LogP contribution is 2.05. The normalized spacial score (nSPS) is 29.1. The zero-order valence-electron chi connectivity index (χ0n) is 10.9. The van der Waals surface area contributed by atoms with E-state index >= 15 is 0 Å². The quantitative estimate of drug-likeness (QED) is 0.451. The Morgan fingerprint density at radius 1 is 1.29 bits per heavy atom. The topological polar surface area (TPSA) is 3.24 Å². The van der Waals surface area contributed by atoms with E-state index in [1.54, 1.807) is 20.8 Å². The molecule has 0 bridgehead atoms. The molecule has 0 rings (SSSR count). The van der Waals surface area contributed by atoms with Gasteiger partial charge in [0.2, 0.25) is 0 Å². The lowest BCUT2D eigenvalue weighted by Crippen LogP contribution is -2.34. The Morgan fingerprint density at radius 3 is 1.71 bits per heavy atom. The molecule has 0 amide bonds. The Kier molecular flexibility index (Phi) is 0.451. The molecule has 0 atom stereocenters. The van der Waals surface area contributed by atoms with Gasteiger partial charge in [-0.15, -0.1) is 0 Å². The predicted octanol–water partition coefficient (Wildman–Crippen LogP) is 1.35. The monoisotopic (exact) mass is 107 g/mol. The van der Waals surface area contributed by atoms with E-state index in [2.05, 4.69) is 0 Å². The standard InChI is InChI=1S/C6H15N/c1-6(2,3)7(4)5/h1-5H3/i4D3,5D3. The van der Waals surface area contributed by atoms with Crippen LogP contribution >= 0.6 is 0 Å². The van der Waals surface area contributed by atoms with Crippen molar-refractivity contribution in [2.24, 2.45) is 0 Å². The van der Waals surface area contributed by atoms with Crippen molar-refractivity contribution in [3.8, 4) is 0 Å². The molecular formula is C6H15N. The average Bonchev–Trinajstić information content (AvgIpc) is 1.44. The van der Waals surface area contributed by atoms with Gasteiger partial charge in [-0.05, 0) is 34.7 Å². The molecule has 0 aromatic heterocycles. The van der Waals surface area contributed by atoms with E-state index in [-0.39, 0.29) is 0 Å². The smallest absolute Gasteiger partial charge is 0.0394 e. The number of rotatable bonds is 0. The zero-order chi connectivity index (χ0) is 11.1. The Balaban J connectivity index is 5.02. The second-order valence-electron chi connectivity index (χ2n) is 2.51. The van der Waals surface area contributed by atoms with Gasteiger partial charge in [-0.25, -0.2) is 0 Å². The van der Waals surface area contributed by atoms with Gasteiger partial charge in [0.15, 0.2) is 0 Å². The molecule has 0 unspecified atom stereocenters. The Bertz CT molecular complexity index is 140. The summed E-state index contributed by atoms with van der Waals surface area (Å²) in [4.78, 5) is 0.563. The highest BCUT2D eigenvalue weighted by molar-refractivity contribution is 4.67. The van der Waals surface area contributed by atoms with E-state index in [9.17, 15) is 0 Å². The lowest BCUT2D eigenvalue weighted by molar-refractivity contribution is 0.219. The van der Waals surface area contributed by atoms with Gasteiger partial charge in [0.05, 0.1) is 0 Å². The largest absolute Gasteiger partial charge is 0.305 e.